The first-order valence-electron chi connectivity index (χ1n) is 10.8. The fourth-order valence-electron chi connectivity index (χ4n) is 3.97. The van der Waals surface area contributed by atoms with Crippen LogP contribution in [0.15, 0.2) is 91.0 Å². The third-order valence-corrected chi connectivity index (χ3v) is 5.63. The first-order valence-corrected chi connectivity index (χ1v) is 10.8. The summed E-state index contributed by atoms with van der Waals surface area (Å²) in [6.07, 6.45) is -5.40. The van der Waals surface area contributed by atoms with Gasteiger partial charge in [-0.1, -0.05) is 66.7 Å². The van der Waals surface area contributed by atoms with Crippen molar-refractivity contribution >= 4 is 5.97 Å². The molecule has 0 radical (unpaired) electrons. The summed E-state index contributed by atoms with van der Waals surface area (Å²) in [6.45, 7) is 0.186. The van der Waals surface area contributed by atoms with Crippen molar-refractivity contribution < 1.29 is 33.6 Å². The van der Waals surface area contributed by atoms with Gasteiger partial charge in [0, 0.05) is 5.56 Å². The summed E-state index contributed by atoms with van der Waals surface area (Å²) >= 11 is 0. The molecule has 0 aliphatic carbocycles. The number of benzene rings is 3. The van der Waals surface area contributed by atoms with Crippen LogP contribution in [-0.4, -0.2) is 48.4 Å². The quantitative estimate of drug-likeness (QED) is 0.598. The van der Waals surface area contributed by atoms with Gasteiger partial charge < -0.3 is 28.8 Å². The Hall–Kier alpha value is -3.23. The molecule has 0 saturated carbocycles. The molecule has 1 unspecified atom stereocenters. The Labute approximate surface area is 191 Å². The van der Waals surface area contributed by atoms with E-state index >= 15 is 0 Å². The highest BCUT2D eigenvalue weighted by Crippen LogP contribution is 2.36. The number of hydrogen-bond donors (Lipinski definition) is 1. The van der Waals surface area contributed by atoms with E-state index in [0.717, 1.165) is 5.56 Å². The third-order valence-electron chi connectivity index (χ3n) is 5.63. The van der Waals surface area contributed by atoms with Crippen LogP contribution in [0.1, 0.15) is 22.2 Å². The molecule has 7 nitrogen and oxygen atoms in total. The van der Waals surface area contributed by atoms with Gasteiger partial charge in [-0.15, -0.1) is 0 Å². The van der Waals surface area contributed by atoms with Crippen molar-refractivity contribution in [1.29, 1.82) is 0 Å². The van der Waals surface area contributed by atoms with Gasteiger partial charge in [0.1, 0.15) is 18.0 Å². The number of para-hydroxylation sites is 1. The van der Waals surface area contributed by atoms with Gasteiger partial charge in [0.25, 0.3) is 0 Å². The van der Waals surface area contributed by atoms with Crippen molar-refractivity contribution in [3.63, 3.8) is 0 Å². The molecule has 0 spiro atoms. The van der Waals surface area contributed by atoms with Gasteiger partial charge >= 0.3 is 5.97 Å². The Morgan fingerprint density at radius 3 is 2.18 bits per heavy atom. The van der Waals surface area contributed by atoms with E-state index in [9.17, 15) is 9.90 Å². The molecule has 170 valence electrons. The molecule has 5 rings (SSSR count). The van der Waals surface area contributed by atoms with E-state index in [1.165, 1.54) is 0 Å². The van der Waals surface area contributed by atoms with Gasteiger partial charge in [-0.25, -0.2) is 4.79 Å². The lowest BCUT2D eigenvalue weighted by Crippen LogP contribution is -2.64. The second-order valence-corrected chi connectivity index (χ2v) is 7.88. The molecule has 0 aromatic heterocycles. The zero-order valence-corrected chi connectivity index (χ0v) is 17.7. The van der Waals surface area contributed by atoms with Gasteiger partial charge in [-0.05, 0) is 24.3 Å². The van der Waals surface area contributed by atoms with Crippen molar-refractivity contribution in [3.8, 4) is 5.75 Å². The highest BCUT2D eigenvalue weighted by Gasteiger charge is 2.52. The SMILES string of the molecule is O=C(O[C@@H]1[C@@H](O)[C@H](Oc2ccccc2)O[C@@H]2COC(c3ccccc3)O[C@@H]12)c1ccccc1. The van der Waals surface area contributed by atoms with Gasteiger partial charge in [0.2, 0.25) is 6.29 Å². The fourth-order valence-corrected chi connectivity index (χ4v) is 3.97. The highest BCUT2D eigenvalue weighted by atomic mass is 16.8. The van der Waals surface area contributed by atoms with Crippen molar-refractivity contribution in [2.75, 3.05) is 6.61 Å². The molecule has 2 aliphatic rings. The second-order valence-electron chi connectivity index (χ2n) is 7.88. The normalized spacial score (nSPS) is 29.0. The van der Waals surface area contributed by atoms with Crippen molar-refractivity contribution in [3.05, 3.63) is 102 Å². The van der Waals surface area contributed by atoms with E-state index in [1.54, 1.807) is 36.4 Å². The molecule has 2 heterocycles. The van der Waals surface area contributed by atoms with Crippen LogP contribution in [0.3, 0.4) is 0 Å². The highest BCUT2D eigenvalue weighted by molar-refractivity contribution is 5.89. The molecule has 7 heteroatoms. The summed E-state index contributed by atoms with van der Waals surface area (Å²) in [5.74, 6) is -0.0435. The number of esters is 1. The predicted octanol–water partition coefficient (Wildman–Crippen LogP) is 3.49. The Bertz CT molecular complexity index is 1040. The van der Waals surface area contributed by atoms with Crippen LogP contribution in [0.5, 0.6) is 5.75 Å². The number of ether oxygens (including phenoxy) is 5. The molecule has 0 amide bonds. The minimum Gasteiger partial charge on any atom is -0.462 e. The van der Waals surface area contributed by atoms with Gasteiger partial charge in [0.05, 0.1) is 12.2 Å². The standard InChI is InChI=1S/C26H24O7/c27-21-23(32-24(28)17-10-4-1-5-11-17)22-20(31-26(21)30-19-14-8-3-9-15-19)16-29-25(33-22)18-12-6-2-7-13-18/h1-15,20-23,25-27H,16H2/t20-,21-,22-,23-,25?,26-/m1/s1. The number of hydrogen-bond acceptors (Lipinski definition) is 7. The van der Waals surface area contributed by atoms with E-state index in [1.807, 2.05) is 54.6 Å². The van der Waals surface area contributed by atoms with Gasteiger partial charge in [-0.3, -0.25) is 0 Å². The lowest BCUT2D eigenvalue weighted by atomic mass is 9.97. The maximum Gasteiger partial charge on any atom is 0.338 e. The van der Waals surface area contributed by atoms with Crippen LogP contribution < -0.4 is 4.74 Å². The zero-order valence-electron chi connectivity index (χ0n) is 17.7. The molecule has 6 atom stereocenters. The van der Waals surface area contributed by atoms with Crippen molar-refractivity contribution in [1.82, 2.24) is 0 Å². The maximum absolute atomic E-state index is 12.8. The van der Waals surface area contributed by atoms with Crippen LogP contribution in [-0.2, 0) is 18.9 Å². The Balaban J connectivity index is 1.40. The Morgan fingerprint density at radius 1 is 0.848 bits per heavy atom. The number of aliphatic hydroxyl groups excluding tert-OH is 1. The molecular weight excluding hydrogens is 424 g/mol. The third kappa shape index (κ3) is 4.77. The molecule has 1 N–H and O–H groups in total. The average Bonchev–Trinajstić information content (AvgIpc) is 2.88. The Kier molecular flexibility index (Phi) is 6.37. The van der Waals surface area contributed by atoms with E-state index in [2.05, 4.69) is 0 Å². The molecule has 2 saturated heterocycles. The number of carbonyl (C=O) groups excluding carboxylic acids is 1. The molecule has 2 fully saturated rings. The molecule has 3 aromatic rings. The molecule has 33 heavy (non-hydrogen) atoms. The second kappa shape index (κ2) is 9.72. The van der Waals surface area contributed by atoms with Crippen LogP contribution in [0.4, 0.5) is 0 Å². The average molecular weight is 448 g/mol. The lowest BCUT2D eigenvalue weighted by Gasteiger charge is -2.47. The summed E-state index contributed by atoms with van der Waals surface area (Å²) in [5.41, 5.74) is 1.20. The lowest BCUT2D eigenvalue weighted by molar-refractivity contribution is -0.349. The minimum atomic E-state index is -1.28. The number of fused-ring (bicyclic) bond motifs is 1. The molecule has 2 aliphatic heterocycles. The Morgan fingerprint density at radius 2 is 1.48 bits per heavy atom. The number of rotatable bonds is 5. The van der Waals surface area contributed by atoms with E-state index < -0.39 is 43.0 Å². The van der Waals surface area contributed by atoms with Crippen LogP contribution in [0.25, 0.3) is 0 Å². The summed E-state index contributed by atoms with van der Waals surface area (Å²) in [5, 5.41) is 11.1. The zero-order chi connectivity index (χ0) is 22.6. The smallest absolute Gasteiger partial charge is 0.338 e. The molecule has 3 aromatic carbocycles. The van der Waals surface area contributed by atoms with Crippen LogP contribution in [0, 0.1) is 0 Å². The van der Waals surface area contributed by atoms with Crippen LogP contribution in [0.2, 0.25) is 0 Å². The summed E-state index contributed by atoms with van der Waals surface area (Å²) in [7, 11) is 0. The summed E-state index contributed by atoms with van der Waals surface area (Å²) < 4.78 is 29.7. The molecule has 0 bridgehead atoms. The van der Waals surface area contributed by atoms with E-state index in [4.69, 9.17) is 23.7 Å². The largest absolute Gasteiger partial charge is 0.462 e. The predicted molar refractivity (Wildman–Crippen MR) is 117 cm³/mol. The summed E-state index contributed by atoms with van der Waals surface area (Å²) in [6, 6.07) is 27.1. The topological polar surface area (TPSA) is 83.5 Å². The maximum atomic E-state index is 12.8. The first-order chi connectivity index (χ1) is 16.2. The fraction of sp³-hybridized carbons (Fsp3) is 0.269. The van der Waals surface area contributed by atoms with Gasteiger partial charge in [0.15, 0.2) is 18.5 Å². The van der Waals surface area contributed by atoms with Gasteiger partial charge in [-0.2, -0.15) is 0 Å². The number of carbonyl (C=O) groups is 1. The number of aliphatic hydroxyl groups is 1. The first kappa shape index (κ1) is 21.6. The van der Waals surface area contributed by atoms with Crippen molar-refractivity contribution in [2.24, 2.45) is 0 Å². The summed E-state index contributed by atoms with van der Waals surface area (Å²) in [4.78, 5) is 12.8. The van der Waals surface area contributed by atoms with E-state index in [-0.39, 0.29) is 6.61 Å². The van der Waals surface area contributed by atoms with Crippen LogP contribution >= 0.6 is 0 Å². The monoisotopic (exact) mass is 448 g/mol. The molecular formula is C26H24O7. The van der Waals surface area contributed by atoms with Crippen molar-refractivity contribution in [2.45, 2.75) is 37.0 Å². The minimum absolute atomic E-state index is 0.186. The van der Waals surface area contributed by atoms with E-state index in [0.29, 0.717) is 11.3 Å².